The molecule has 1 atom stereocenters. The molecule has 0 aliphatic carbocycles. The second-order valence-corrected chi connectivity index (χ2v) is 10.4. The van der Waals surface area contributed by atoms with E-state index in [9.17, 15) is 0 Å². The summed E-state index contributed by atoms with van der Waals surface area (Å²) in [4.78, 5) is 4.18. The minimum Gasteiger partial charge on any atom is -0.407 e. The Labute approximate surface area is 99.0 Å². The van der Waals surface area contributed by atoms with Crippen molar-refractivity contribution in [2.24, 2.45) is 0 Å². The molecule has 5 heteroatoms. The van der Waals surface area contributed by atoms with Crippen molar-refractivity contribution in [3.05, 3.63) is 12.2 Å². The molecule has 0 aliphatic heterocycles. The summed E-state index contributed by atoms with van der Waals surface area (Å²) in [7, 11) is -1.74. The van der Waals surface area contributed by atoms with Gasteiger partial charge >= 0.3 is 0 Å². The zero-order chi connectivity index (χ0) is 12.4. The van der Waals surface area contributed by atoms with Crippen molar-refractivity contribution in [3.63, 3.8) is 0 Å². The van der Waals surface area contributed by atoms with Gasteiger partial charge in [0.05, 0.1) is 0 Å². The maximum Gasteiger partial charge on any atom is 0.193 e. The smallest absolute Gasteiger partial charge is 0.193 e. The SMILES string of the molecule is CCC(O[Si](C)(C)C(C)(C)C)c1nc[nH]n1. The van der Waals surface area contributed by atoms with Crippen LogP contribution in [0.25, 0.3) is 0 Å². The van der Waals surface area contributed by atoms with Crippen molar-refractivity contribution in [2.45, 2.75) is 58.4 Å². The molecule has 1 unspecified atom stereocenters. The van der Waals surface area contributed by atoms with Crippen LogP contribution in [-0.2, 0) is 4.43 Å². The van der Waals surface area contributed by atoms with Gasteiger partial charge in [-0.15, -0.1) is 0 Å². The Hall–Kier alpha value is -0.683. The summed E-state index contributed by atoms with van der Waals surface area (Å²) < 4.78 is 6.29. The quantitative estimate of drug-likeness (QED) is 0.823. The maximum atomic E-state index is 6.29. The van der Waals surface area contributed by atoms with E-state index in [0.717, 1.165) is 12.2 Å². The molecule has 0 spiro atoms. The van der Waals surface area contributed by atoms with E-state index in [1.165, 1.54) is 0 Å². The van der Waals surface area contributed by atoms with Crippen LogP contribution < -0.4 is 0 Å². The van der Waals surface area contributed by atoms with Crippen LogP contribution in [0.5, 0.6) is 0 Å². The maximum absolute atomic E-state index is 6.29. The summed E-state index contributed by atoms with van der Waals surface area (Å²) in [5, 5.41) is 7.08. The number of nitrogens with one attached hydrogen (secondary N) is 1. The Morgan fingerprint density at radius 3 is 2.44 bits per heavy atom. The molecule has 0 bridgehead atoms. The Bertz CT molecular complexity index is 316. The molecule has 0 aliphatic rings. The van der Waals surface area contributed by atoms with Gasteiger partial charge in [-0.1, -0.05) is 27.7 Å². The zero-order valence-electron chi connectivity index (χ0n) is 11.2. The summed E-state index contributed by atoms with van der Waals surface area (Å²) in [5.74, 6) is 0.771. The first-order valence-corrected chi connectivity index (χ1v) is 8.72. The lowest BCUT2D eigenvalue weighted by Gasteiger charge is -2.38. The Morgan fingerprint density at radius 2 is 2.06 bits per heavy atom. The first-order valence-electron chi connectivity index (χ1n) is 5.81. The molecule has 0 saturated heterocycles. The van der Waals surface area contributed by atoms with Crippen LogP contribution in [0.3, 0.4) is 0 Å². The van der Waals surface area contributed by atoms with Crippen molar-refractivity contribution >= 4 is 8.32 Å². The van der Waals surface area contributed by atoms with E-state index < -0.39 is 8.32 Å². The van der Waals surface area contributed by atoms with Gasteiger partial charge in [-0.05, 0) is 24.6 Å². The van der Waals surface area contributed by atoms with E-state index in [1.807, 2.05) is 0 Å². The Morgan fingerprint density at radius 1 is 1.44 bits per heavy atom. The number of H-pyrrole nitrogens is 1. The number of hydrogen-bond acceptors (Lipinski definition) is 3. The molecule has 4 nitrogen and oxygen atoms in total. The van der Waals surface area contributed by atoms with Crippen molar-refractivity contribution in [3.8, 4) is 0 Å². The van der Waals surface area contributed by atoms with Crippen LogP contribution in [0.1, 0.15) is 46.0 Å². The van der Waals surface area contributed by atoms with Crippen molar-refractivity contribution < 1.29 is 4.43 Å². The van der Waals surface area contributed by atoms with Gasteiger partial charge in [0.1, 0.15) is 12.4 Å². The molecular formula is C11H23N3OSi. The second-order valence-electron chi connectivity index (χ2n) is 5.63. The van der Waals surface area contributed by atoms with Gasteiger partial charge in [0.2, 0.25) is 0 Å². The highest BCUT2D eigenvalue weighted by atomic mass is 28.4. The molecule has 0 aromatic carbocycles. The number of rotatable bonds is 4. The first-order chi connectivity index (χ1) is 7.28. The van der Waals surface area contributed by atoms with Gasteiger partial charge in [-0.3, -0.25) is 5.10 Å². The summed E-state index contributed by atoms with van der Waals surface area (Å²) >= 11 is 0. The van der Waals surface area contributed by atoms with E-state index in [1.54, 1.807) is 6.33 Å². The van der Waals surface area contributed by atoms with Crippen LogP contribution in [-0.4, -0.2) is 23.5 Å². The van der Waals surface area contributed by atoms with Crippen LogP contribution in [0, 0.1) is 0 Å². The summed E-state index contributed by atoms with van der Waals surface area (Å²) in [6.07, 6.45) is 2.53. The second kappa shape index (κ2) is 4.67. The minimum atomic E-state index is -1.74. The predicted octanol–water partition coefficient (Wildman–Crippen LogP) is 3.28. The largest absolute Gasteiger partial charge is 0.407 e. The van der Waals surface area contributed by atoms with E-state index in [4.69, 9.17) is 4.43 Å². The monoisotopic (exact) mass is 241 g/mol. The van der Waals surface area contributed by atoms with Crippen LogP contribution in [0.4, 0.5) is 0 Å². The van der Waals surface area contributed by atoms with Crippen molar-refractivity contribution in [1.82, 2.24) is 15.2 Å². The standard InChI is InChI=1S/C11H23N3OSi/c1-7-9(10-12-8-13-14-10)15-16(5,6)11(2,3)4/h8-9H,7H2,1-6H3,(H,12,13,14). The van der Waals surface area contributed by atoms with E-state index in [-0.39, 0.29) is 11.1 Å². The van der Waals surface area contributed by atoms with E-state index in [2.05, 4.69) is 56.0 Å². The normalized spacial score (nSPS) is 15.1. The third-order valence-corrected chi connectivity index (χ3v) is 7.82. The lowest BCUT2D eigenvalue weighted by atomic mass is 10.2. The lowest BCUT2D eigenvalue weighted by Crippen LogP contribution is -2.41. The number of aromatic nitrogens is 3. The molecule has 1 N–H and O–H groups in total. The third kappa shape index (κ3) is 2.92. The summed E-state index contributed by atoms with van der Waals surface area (Å²) in [6, 6.07) is 0. The summed E-state index contributed by atoms with van der Waals surface area (Å²) in [5.41, 5.74) is 0. The molecule has 92 valence electrons. The molecule has 0 radical (unpaired) electrons. The first kappa shape index (κ1) is 13.4. The van der Waals surface area contributed by atoms with Gasteiger partial charge in [0, 0.05) is 0 Å². The van der Waals surface area contributed by atoms with E-state index in [0.29, 0.717) is 0 Å². The van der Waals surface area contributed by atoms with Crippen LogP contribution >= 0.6 is 0 Å². The number of nitrogens with zero attached hydrogens (tertiary/aromatic N) is 2. The van der Waals surface area contributed by atoms with Gasteiger partial charge < -0.3 is 4.43 Å². The molecule has 1 aromatic rings. The fourth-order valence-corrected chi connectivity index (χ4v) is 2.56. The molecule has 16 heavy (non-hydrogen) atoms. The van der Waals surface area contributed by atoms with Crippen molar-refractivity contribution in [1.29, 1.82) is 0 Å². The molecule has 1 heterocycles. The fraction of sp³-hybridized carbons (Fsp3) is 0.818. The predicted molar refractivity (Wildman–Crippen MR) is 67.7 cm³/mol. The number of aromatic amines is 1. The summed E-state index contributed by atoms with van der Waals surface area (Å²) in [6.45, 7) is 13.3. The minimum absolute atomic E-state index is 0.0205. The van der Waals surface area contributed by atoms with Gasteiger partial charge in [-0.2, -0.15) is 5.10 Å². The number of hydrogen-bond donors (Lipinski definition) is 1. The molecular weight excluding hydrogens is 218 g/mol. The highest BCUT2D eigenvalue weighted by molar-refractivity contribution is 6.74. The molecule has 1 aromatic heterocycles. The fourth-order valence-electron chi connectivity index (χ4n) is 1.23. The van der Waals surface area contributed by atoms with Gasteiger partial charge in [-0.25, -0.2) is 4.98 Å². The molecule has 0 fully saturated rings. The highest BCUT2D eigenvalue weighted by Crippen LogP contribution is 2.39. The van der Waals surface area contributed by atoms with Gasteiger partial charge in [0.15, 0.2) is 14.1 Å². The average Bonchev–Trinajstić information content (AvgIpc) is 2.65. The molecule has 0 amide bonds. The third-order valence-electron chi connectivity index (χ3n) is 3.34. The van der Waals surface area contributed by atoms with Crippen LogP contribution in [0.2, 0.25) is 18.1 Å². The van der Waals surface area contributed by atoms with Crippen LogP contribution in [0.15, 0.2) is 6.33 Å². The molecule has 1 rings (SSSR count). The van der Waals surface area contributed by atoms with E-state index >= 15 is 0 Å². The Balaban J connectivity index is 2.79. The van der Waals surface area contributed by atoms with Crippen molar-refractivity contribution in [2.75, 3.05) is 0 Å². The topological polar surface area (TPSA) is 50.8 Å². The average molecular weight is 241 g/mol. The highest BCUT2D eigenvalue weighted by Gasteiger charge is 2.39. The molecule has 0 saturated carbocycles. The van der Waals surface area contributed by atoms with Gasteiger partial charge in [0.25, 0.3) is 0 Å². The zero-order valence-corrected chi connectivity index (χ0v) is 12.2. The Kier molecular flexibility index (Phi) is 3.91. The lowest BCUT2D eigenvalue weighted by molar-refractivity contribution is 0.170.